The zero-order valence-corrected chi connectivity index (χ0v) is 21.6. The summed E-state index contributed by atoms with van der Waals surface area (Å²) >= 11 is 0. The number of halogens is 3. The standard InChI is InChI=1S/C29H24F3N5O3/c1-3-29(39,9-10-33)25-18(30)11-16(14-34-25)15-7-8-19-20(12-15)37-21-13-22(26(37)35-19)36(2)27(38)17-5-4-6-23(24(17)21)40-28(31)32/h4-8,11-12,14,21-22,28,39H,3,9,13H2,1-2H3/t21-,22-,29?/m1/s1. The van der Waals surface area contributed by atoms with Crippen LogP contribution < -0.4 is 4.74 Å². The summed E-state index contributed by atoms with van der Waals surface area (Å²) in [6.07, 6.45) is 1.70. The Morgan fingerprint density at radius 3 is 2.73 bits per heavy atom. The van der Waals surface area contributed by atoms with Crippen molar-refractivity contribution in [3.63, 3.8) is 0 Å². The number of fused-ring (bicyclic) bond motifs is 9. The first-order chi connectivity index (χ1) is 19.2. The number of hydrogen-bond acceptors (Lipinski definition) is 6. The van der Waals surface area contributed by atoms with Gasteiger partial charge in [-0.2, -0.15) is 14.0 Å². The van der Waals surface area contributed by atoms with E-state index in [4.69, 9.17) is 15.0 Å². The Kier molecular flexibility index (Phi) is 6.03. The van der Waals surface area contributed by atoms with Crippen LogP contribution in [0, 0.1) is 17.1 Å². The summed E-state index contributed by atoms with van der Waals surface area (Å²) in [5.74, 6) is -0.472. The van der Waals surface area contributed by atoms with Crippen molar-refractivity contribution in [2.24, 2.45) is 0 Å². The molecule has 4 aromatic rings. The number of nitrogens with zero attached hydrogens (tertiary/aromatic N) is 5. The fourth-order valence-corrected chi connectivity index (χ4v) is 5.90. The van der Waals surface area contributed by atoms with Crippen LogP contribution in [-0.2, 0) is 5.60 Å². The third-order valence-corrected chi connectivity index (χ3v) is 7.98. The first-order valence-electron chi connectivity index (χ1n) is 12.8. The zero-order chi connectivity index (χ0) is 28.3. The van der Waals surface area contributed by atoms with Crippen molar-refractivity contribution in [1.82, 2.24) is 19.4 Å². The minimum absolute atomic E-state index is 0.0617. The fraction of sp³-hybridized carbons (Fsp3) is 0.310. The maximum Gasteiger partial charge on any atom is 0.387 e. The van der Waals surface area contributed by atoms with Crippen LogP contribution in [0.2, 0.25) is 0 Å². The van der Waals surface area contributed by atoms with E-state index in [9.17, 15) is 18.7 Å². The number of amides is 1. The lowest BCUT2D eigenvalue weighted by molar-refractivity contribution is -0.0507. The fourth-order valence-electron chi connectivity index (χ4n) is 5.90. The summed E-state index contributed by atoms with van der Waals surface area (Å²) in [5.41, 5.74) is 1.16. The normalized spacial score (nSPS) is 19.2. The van der Waals surface area contributed by atoms with Gasteiger partial charge in [-0.05, 0) is 42.3 Å². The van der Waals surface area contributed by atoms with Gasteiger partial charge in [-0.15, -0.1) is 0 Å². The van der Waals surface area contributed by atoms with E-state index in [1.165, 1.54) is 24.4 Å². The number of ether oxygens (including phenoxy) is 1. The first-order valence-corrected chi connectivity index (χ1v) is 12.8. The molecule has 8 nitrogen and oxygen atoms in total. The third kappa shape index (κ3) is 3.82. The van der Waals surface area contributed by atoms with Gasteiger partial charge < -0.3 is 19.3 Å². The Labute approximate surface area is 227 Å². The first kappa shape index (κ1) is 25.8. The molecule has 11 heteroatoms. The monoisotopic (exact) mass is 547 g/mol. The van der Waals surface area contributed by atoms with Gasteiger partial charge in [0, 0.05) is 36.4 Å². The Morgan fingerprint density at radius 2 is 2.02 bits per heavy atom. The molecule has 0 fully saturated rings. The van der Waals surface area contributed by atoms with Crippen molar-refractivity contribution in [2.45, 2.75) is 50.5 Å². The molecule has 1 amide bonds. The Morgan fingerprint density at radius 1 is 1.23 bits per heavy atom. The smallest absolute Gasteiger partial charge is 0.387 e. The number of carbonyl (C=O) groups is 1. The van der Waals surface area contributed by atoms with Crippen LogP contribution in [-0.4, -0.2) is 44.1 Å². The Bertz CT molecular complexity index is 1720. The minimum Gasteiger partial charge on any atom is -0.434 e. The predicted molar refractivity (Wildman–Crippen MR) is 138 cm³/mol. The second-order valence-electron chi connectivity index (χ2n) is 10.1. The van der Waals surface area contributed by atoms with E-state index in [0.29, 0.717) is 45.5 Å². The SMILES string of the molecule is CCC(O)(CC#N)c1ncc(-c2ccc3nc4n(c3c2)[C@@H]2C[C@H]4N(C)C(=O)c3cccc(OC(F)F)c32)cc1F. The average Bonchev–Trinajstić information content (AvgIpc) is 3.45. The number of carbonyl (C=O) groups excluding carboxylic acids is 1. The lowest BCUT2D eigenvalue weighted by Gasteiger charge is -2.24. The van der Waals surface area contributed by atoms with Crippen LogP contribution in [0.4, 0.5) is 13.2 Å². The molecule has 3 atom stereocenters. The highest BCUT2D eigenvalue weighted by Gasteiger charge is 2.45. The van der Waals surface area contributed by atoms with Crippen molar-refractivity contribution in [3.8, 4) is 22.9 Å². The second-order valence-corrected chi connectivity index (χ2v) is 10.1. The number of imidazole rings is 1. The van der Waals surface area contributed by atoms with Crippen molar-refractivity contribution < 1.29 is 27.8 Å². The lowest BCUT2D eigenvalue weighted by Crippen LogP contribution is -2.30. The van der Waals surface area contributed by atoms with E-state index in [1.54, 1.807) is 37.1 Å². The molecule has 1 unspecified atom stereocenters. The number of hydrogen-bond donors (Lipinski definition) is 1. The molecule has 204 valence electrons. The highest BCUT2D eigenvalue weighted by molar-refractivity contribution is 5.98. The molecule has 0 aliphatic carbocycles. The maximum absolute atomic E-state index is 15.2. The number of rotatable bonds is 6. The van der Waals surface area contributed by atoms with Crippen LogP contribution in [0.15, 0.2) is 48.7 Å². The quantitative estimate of drug-likeness (QED) is 0.343. The van der Waals surface area contributed by atoms with Gasteiger partial charge in [-0.25, -0.2) is 9.37 Å². The van der Waals surface area contributed by atoms with Crippen LogP contribution in [0.25, 0.3) is 22.2 Å². The van der Waals surface area contributed by atoms with Gasteiger partial charge in [0.2, 0.25) is 0 Å². The molecule has 40 heavy (non-hydrogen) atoms. The van der Waals surface area contributed by atoms with Crippen molar-refractivity contribution >= 4 is 16.9 Å². The summed E-state index contributed by atoms with van der Waals surface area (Å²) in [5, 5.41) is 19.8. The van der Waals surface area contributed by atoms with Gasteiger partial charge in [0.1, 0.15) is 28.7 Å². The molecule has 2 aliphatic heterocycles. The second kappa shape index (κ2) is 9.34. The number of nitriles is 1. The highest BCUT2D eigenvalue weighted by Crippen LogP contribution is 2.50. The highest BCUT2D eigenvalue weighted by atomic mass is 19.3. The molecule has 0 saturated heterocycles. The molecule has 2 aliphatic rings. The van der Waals surface area contributed by atoms with E-state index >= 15 is 4.39 Å². The van der Waals surface area contributed by atoms with E-state index in [-0.39, 0.29) is 36.2 Å². The molecule has 2 aromatic carbocycles. The van der Waals surface area contributed by atoms with Gasteiger partial charge in [0.15, 0.2) is 0 Å². The van der Waals surface area contributed by atoms with Crippen molar-refractivity contribution in [1.29, 1.82) is 5.26 Å². The van der Waals surface area contributed by atoms with Gasteiger partial charge in [-0.1, -0.05) is 19.1 Å². The molecule has 2 bridgehead atoms. The van der Waals surface area contributed by atoms with Crippen LogP contribution >= 0.6 is 0 Å². The van der Waals surface area contributed by atoms with Crippen molar-refractivity contribution in [3.05, 3.63) is 77.1 Å². The van der Waals surface area contributed by atoms with E-state index in [2.05, 4.69) is 4.98 Å². The molecule has 4 heterocycles. The van der Waals surface area contributed by atoms with Gasteiger partial charge in [0.05, 0.1) is 35.6 Å². The summed E-state index contributed by atoms with van der Waals surface area (Å²) in [7, 11) is 1.67. The van der Waals surface area contributed by atoms with E-state index in [0.717, 1.165) is 0 Å². The Hall–Kier alpha value is -4.43. The lowest BCUT2D eigenvalue weighted by atomic mass is 9.91. The number of aliphatic hydroxyl groups is 1. The number of aromatic nitrogens is 3. The maximum atomic E-state index is 15.2. The molecule has 1 N–H and O–H groups in total. The van der Waals surface area contributed by atoms with Gasteiger partial charge in [0.25, 0.3) is 5.91 Å². The van der Waals surface area contributed by atoms with E-state index in [1.807, 2.05) is 16.7 Å². The molecule has 0 saturated carbocycles. The summed E-state index contributed by atoms with van der Waals surface area (Å²) < 4.78 is 48.6. The molecule has 6 rings (SSSR count). The van der Waals surface area contributed by atoms with Gasteiger partial charge in [-0.3, -0.25) is 9.78 Å². The summed E-state index contributed by atoms with van der Waals surface area (Å²) in [6, 6.07) is 12.2. The van der Waals surface area contributed by atoms with Gasteiger partial charge >= 0.3 is 6.61 Å². The predicted octanol–water partition coefficient (Wildman–Crippen LogP) is 5.47. The molecular formula is C29H24F3N5O3. The zero-order valence-electron chi connectivity index (χ0n) is 21.6. The Balaban J connectivity index is 1.49. The van der Waals surface area contributed by atoms with Crippen LogP contribution in [0.1, 0.15) is 65.7 Å². The minimum atomic E-state index is -3.06. The topological polar surface area (TPSA) is 104 Å². The molecular weight excluding hydrogens is 523 g/mol. The third-order valence-electron chi connectivity index (χ3n) is 7.98. The molecule has 0 spiro atoms. The number of pyridine rings is 1. The summed E-state index contributed by atoms with van der Waals surface area (Å²) in [4.78, 5) is 23.8. The average molecular weight is 548 g/mol. The summed E-state index contributed by atoms with van der Waals surface area (Å²) in [6.45, 7) is -1.41. The van der Waals surface area contributed by atoms with Crippen molar-refractivity contribution in [2.75, 3.05) is 7.05 Å². The number of alkyl halides is 2. The van der Waals surface area contributed by atoms with E-state index < -0.39 is 24.1 Å². The van der Waals surface area contributed by atoms with Crippen LogP contribution in [0.3, 0.4) is 0 Å². The largest absolute Gasteiger partial charge is 0.434 e. The van der Waals surface area contributed by atoms with Crippen LogP contribution in [0.5, 0.6) is 5.75 Å². The number of benzene rings is 2. The molecule has 0 radical (unpaired) electrons. The molecule has 2 aromatic heterocycles.